The molecule has 0 aliphatic carbocycles. The summed E-state index contributed by atoms with van der Waals surface area (Å²) in [4.78, 5) is 0. The van der Waals surface area contributed by atoms with Gasteiger partial charge in [-0.2, -0.15) is 0 Å². The van der Waals surface area contributed by atoms with Gasteiger partial charge in [-0.15, -0.1) is 0 Å². The first-order valence-corrected chi connectivity index (χ1v) is 4.43. The number of hydrogen-bond acceptors (Lipinski definition) is 1. The fourth-order valence-electron chi connectivity index (χ4n) is 1.14. The van der Waals surface area contributed by atoms with Gasteiger partial charge in [-0.3, -0.25) is 0 Å². The lowest BCUT2D eigenvalue weighted by Crippen LogP contribution is -2.31. The van der Waals surface area contributed by atoms with Gasteiger partial charge in [-0.1, -0.05) is 32.9 Å². The number of phenolic OH excluding ortho intramolecular Hbond substituents is 1. The van der Waals surface area contributed by atoms with E-state index in [-0.39, 0.29) is 11.3 Å². The van der Waals surface area contributed by atoms with Crippen molar-refractivity contribution in [1.82, 2.24) is 0 Å². The molecule has 1 rings (SSSR count). The number of para-hydroxylation sites is 1. The van der Waals surface area contributed by atoms with E-state index in [4.69, 9.17) is 0 Å². The van der Waals surface area contributed by atoms with Crippen LogP contribution in [0.2, 0.25) is 0 Å². The van der Waals surface area contributed by atoms with Crippen LogP contribution in [0.15, 0.2) is 24.3 Å². The monoisotopic (exact) mass is 200 g/mol. The van der Waals surface area contributed by atoms with E-state index in [1.54, 1.807) is 0 Å². The highest BCUT2D eigenvalue weighted by molar-refractivity contribution is 5.36. The predicted octanol–water partition coefficient (Wildman–Crippen LogP) is 3.53. The SMILES string of the molecule is CC(C)(C)C(F)(F)c1ccccc1O. The van der Waals surface area contributed by atoms with Crippen molar-refractivity contribution in [2.75, 3.05) is 0 Å². The summed E-state index contributed by atoms with van der Waals surface area (Å²) in [5, 5.41) is 9.33. The molecule has 0 saturated carbocycles. The first-order valence-electron chi connectivity index (χ1n) is 4.43. The zero-order chi connectivity index (χ0) is 11.0. The Morgan fingerprint density at radius 3 is 2.00 bits per heavy atom. The molecule has 0 unspecified atom stereocenters. The molecule has 0 atom stereocenters. The average Bonchev–Trinajstić information content (AvgIpc) is 2.02. The van der Waals surface area contributed by atoms with Crippen LogP contribution in [0.3, 0.4) is 0 Å². The van der Waals surface area contributed by atoms with Crippen LogP contribution in [0.25, 0.3) is 0 Å². The Kier molecular flexibility index (Phi) is 2.52. The molecule has 0 heterocycles. The number of aromatic hydroxyl groups is 1. The maximum atomic E-state index is 13.8. The van der Waals surface area contributed by atoms with Crippen LogP contribution in [-0.2, 0) is 5.92 Å². The Labute approximate surface area is 82.4 Å². The van der Waals surface area contributed by atoms with Crippen LogP contribution < -0.4 is 0 Å². The molecule has 0 bridgehead atoms. The molecule has 0 amide bonds. The molecule has 1 aromatic rings. The molecule has 0 radical (unpaired) electrons. The molecule has 0 aromatic heterocycles. The third-order valence-corrected chi connectivity index (χ3v) is 2.18. The summed E-state index contributed by atoms with van der Waals surface area (Å²) < 4.78 is 27.5. The lowest BCUT2D eigenvalue weighted by molar-refractivity contribution is -0.105. The van der Waals surface area contributed by atoms with Gasteiger partial charge in [0.25, 0.3) is 5.92 Å². The van der Waals surface area contributed by atoms with Gasteiger partial charge >= 0.3 is 0 Å². The number of halogens is 2. The van der Waals surface area contributed by atoms with Gasteiger partial charge in [-0.05, 0) is 12.1 Å². The minimum absolute atomic E-state index is 0.312. The maximum Gasteiger partial charge on any atom is 0.281 e. The Morgan fingerprint density at radius 2 is 1.57 bits per heavy atom. The quantitative estimate of drug-likeness (QED) is 0.735. The highest BCUT2D eigenvalue weighted by Gasteiger charge is 2.46. The molecule has 1 nitrogen and oxygen atoms in total. The van der Waals surface area contributed by atoms with E-state index in [9.17, 15) is 13.9 Å². The fraction of sp³-hybridized carbons (Fsp3) is 0.455. The summed E-state index contributed by atoms with van der Waals surface area (Å²) in [5.41, 5.74) is -1.52. The van der Waals surface area contributed by atoms with Gasteiger partial charge in [0, 0.05) is 5.41 Å². The Balaban J connectivity index is 3.23. The molecular formula is C11H14F2O. The van der Waals surface area contributed by atoms with E-state index in [0.29, 0.717) is 0 Å². The second kappa shape index (κ2) is 3.23. The van der Waals surface area contributed by atoms with E-state index >= 15 is 0 Å². The third-order valence-electron chi connectivity index (χ3n) is 2.18. The van der Waals surface area contributed by atoms with Crippen molar-refractivity contribution >= 4 is 0 Å². The maximum absolute atomic E-state index is 13.8. The molecule has 0 aliphatic rings. The van der Waals surface area contributed by atoms with Crippen molar-refractivity contribution in [3.63, 3.8) is 0 Å². The normalized spacial score (nSPS) is 12.9. The van der Waals surface area contributed by atoms with Crippen LogP contribution in [-0.4, -0.2) is 5.11 Å². The summed E-state index contributed by atoms with van der Waals surface area (Å²) in [6.45, 7) is 4.33. The van der Waals surface area contributed by atoms with E-state index < -0.39 is 11.3 Å². The number of alkyl halides is 2. The van der Waals surface area contributed by atoms with Crippen molar-refractivity contribution in [2.45, 2.75) is 26.7 Å². The number of phenols is 1. The summed E-state index contributed by atoms with van der Waals surface area (Å²) in [5.74, 6) is -3.38. The minimum atomic E-state index is -3.03. The summed E-state index contributed by atoms with van der Waals surface area (Å²) >= 11 is 0. The second-order valence-corrected chi connectivity index (χ2v) is 4.34. The summed E-state index contributed by atoms with van der Waals surface area (Å²) in [7, 11) is 0. The van der Waals surface area contributed by atoms with Crippen LogP contribution in [0.1, 0.15) is 26.3 Å². The molecule has 0 fully saturated rings. The molecule has 1 aromatic carbocycles. The number of benzene rings is 1. The largest absolute Gasteiger partial charge is 0.507 e. The lowest BCUT2D eigenvalue weighted by Gasteiger charge is -2.30. The lowest BCUT2D eigenvalue weighted by atomic mass is 9.83. The van der Waals surface area contributed by atoms with Crippen LogP contribution in [0, 0.1) is 5.41 Å². The first kappa shape index (κ1) is 11.0. The summed E-state index contributed by atoms with van der Waals surface area (Å²) in [6.07, 6.45) is 0. The topological polar surface area (TPSA) is 20.2 Å². The van der Waals surface area contributed by atoms with E-state index in [0.717, 1.165) is 0 Å². The second-order valence-electron chi connectivity index (χ2n) is 4.34. The fourth-order valence-corrected chi connectivity index (χ4v) is 1.14. The Bertz CT molecular complexity index is 326. The van der Waals surface area contributed by atoms with E-state index in [2.05, 4.69) is 0 Å². The van der Waals surface area contributed by atoms with Gasteiger partial charge in [-0.25, -0.2) is 8.78 Å². The van der Waals surface area contributed by atoms with Crippen LogP contribution in [0.5, 0.6) is 5.75 Å². The van der Waals surface area contributed by atoms with Gasteiger partial charge in [0.15, 0.2) is 0 Å². The molecule has 78 valence electrons. The molecule has 3 heteroatoms. The number of rotatable bonds is 1. The average molecular weight is 200 g/mol. The van der Waals surface area contributed by atoms with Crippen molar-refractivity contribution < 1.29 is 13.9 Å². The van der Waals surface area contributed by atoms with Crippen LogP contribution in [0.4, 0.5) is 8.78 Å². The smallest absolute Gasteiger partial charge is 0.281 e. The first-order chi connectivity index (χ1) is 6.27. The van der Waals surface area contributed by atoms with Gasteiger partial charge in [0.2, 0.25) is 0 Å². The van der Waals surface area contributed by atoms with Gasteiger partial charge < -0.3 is 5.11 Å². The van der Waals surface area contributed by atoms with E-state index in [1.807, 2.05) is 0 Å². The van der Waals surface area contributed by atoms with Crippen molar-refractivity contribution in [2.24, 2.45) is 5.41 Å². The third kappa shape index (κ3) is 1.72. The molecule has 0 saturated heterocycles. The van der Waals surface area contributed by atoms with Crippen molar-refractivity contribution in [3.05, 3.63) is 29.8 Å². The zero-order valence-electron chi connectivity index (χ0n) is 8.51. The predicted molar refractivity (Wildman–Crippen MR) is 51.5 cm³/mol. The Morgan fingerprint density at radius 1 is 1.07 bits per heavy atom. The molecule has 0 spiro atoms. The van der Waals surface area contributed by atoms with Gasteiger partial charge in [0.1, 0.15) is 5.75 Å². The molecule has 14 heavy (non-hydrogen) atoms. The van der Waals surface area contributed by atoms with Crippen molar-refractivity contribution in [1.29, 1.82) is 0 Å². The summed E-state index contributed by atoms with van der Waals surface area (Å²) in [6, 6.07) is 5.54. The number of hydrogen-bond donors (Lipinski definition) is 1. The standard InChI is InChI=1S/C11H14F2O/c1-10(2,3)11(12,13)8-6-4-5-7-9(8)14/h4-7,14H,1-3H3. The van der Waals surface area contributed by atoms with Crippen molar-refractivity contribution in [3.8, 4) is 5.75 Å². The highest BCUT2D eigenvalue weighted by atomic mass is 19.3. The Hall–Kier alpha value is -1.12. The highest BCUT2D eigenvalue weighted by Crippen LogP contribution is 2.47. The van der Waals surface area contributed by atoms with Gasteiger partial charge in [0.05, 0.1) is 5.56 Å². The van der Waals surface area contributed by atoms with E-state index in [1.165, 1.54) is 45.0 Å². The molecular weight excluding hydrogens is 186 g/mol. The molecule has 0 aliphatic heterocycles. The minimum Gasteiger partial charge on any atom is -0.507 e. The molecule has 1 N–H and O–H groups in total. The zero-order valence-corrected chi connectivity index (χ0v) is 8.51. The van der Waals surface area contributed by atoms with Crippen LogP contribution >= 0.6 is 0 Å².